The first kappa shape index (κ1) is 11.7. The third-order valence-electron chi connectivity index (χ3n) is 2.71. The van der Waals surface area contributed by atoms with E-state index >= 15 is 0 Å². The van der Waals surface area contributed by atoms with Crippen LogP contribution in [0.5, 0.6) is 0 Å². The molecule has 0 spiro atoms. The second kappa shape index (κ2) is 5.52. The fourth-order valence-electron chi connectivity index (χ4n) is 1.78. The van der Waals surface area contributed by atoms with Crippen molar-refractivity contribution in [2.75, 3.05) is 0 Å². The molecule has 0 radical (unpaired) electrons. The predicted molar refractivity (Wildman–Crippen MR) is 70.0 cm³/mol. The van der Waals surface area contributed by atoms with E-state index in [1.807, 2.05) is 54.6 Å². The first-order valence-electron chi connectivity index (χ1n) is 5.48. The van der Waals surface area contributed by atoms with Crippen LogP contribution in [0, 0.1) is 11.3 Å². The van der Waals surface area contributed by atoms with Crippen LogP contribution in [-0.2, 0) is 6.42 Å². The van der Waals surface area contributed by atoms with E-state index in [-0.39, 0.29) is 5.92 Å². The second-order valence-corrected chi connectivity index (χ2v) is 4.36. The van der Waals surface area contributed by atoms with Gasteiger partial charge in [-0.05, 0) is 29.7 Å². The molecule has 0 amide bonds. The van der Waals surface area contributed by atoms with Gasteiger partial charge in [-0.2, -0.15) is 5.26 Å². The molecule has 84 valence electrons. The number of hydrogen-bond acceptors (Lipinski definition) is 1. The molecule has 0 bridgehead atoms. The minimum absolute atomic E-state index is 0.116. The highest BCUT2D eigenvalue weighted by Crippen LogP contribution is 2.21. The van der Waals surface area contributed by atoms with Crippen molar-refractivity contribution in [3.63, 3.8) is 0 Å². The molecule has 2 aromatic rings. The minimum Gasteiger partial charge on any atom is -0.198 e. The van der Waals surface area contributed by atoms with E-state index < -0.39 is 0 Å². The fourth-order valence-corrected chi connectivity index (χ4v) is 1.91. The summed E-state index contributed by atoms with van der Waals surface area (Å²) in [7, 11) is 0. The van der Waals surface area contributed by atoms with Crippen LogP contribution in [-0.4, -0.2) is 0 Å². The molecule has 0 heterocycles. The Balaban J connectivity index is 2.18. The number of rotatable bonds is 3. The van der Waals surface area contributed by atoms with Gasteiger partial charge in [0.15, 0.2) is 0 Å². The molecule has 0 saturated carbocycles. The van der Waals surface area contributed by atoms with Gasteiger partial charge in [-0.25, -0.2) is 0 Å². The Hall–Kier alpha value is -1.78. The molecule has 2 aromatic carbocycles. The maximum Gasteiger partial charge on any atom is 0.0753 e. The van der Waals surface area contributed by atoms with Crippen LogP contribution in [0.4, 0.5) is 0 Å². The Morgan fingerprint density at radius 2 is 1.65 bits per heavy atom. The molecule has 0 unspecified atom stereocenters. The lowest BCUT2D eigenvalue weighted by Gasteiger charge is -2.09. The molecule has 2 rings (SSSR count). The van der Waals surface area contributed by atoms with Crippen molar-refractivity contribution in [3.8, 4) is 6.07 Å². The average molecular weight is 242 g/mol. The number of nitriles is 1. The molecule has 0 N–H and O–H groups in total. The molecular formula is C15H12ClN. The summed E-state index contributed by atoms with van der Waals surface area (Å²) in [6.07, 6.45) is 0.735. The summed E-state index contributed by atoms with van der Waals surface area (Å²) in [5.74, 6) is -0.116. The van der Waals surface area contributed by atoms with Gasteiger partial charge < -0.3 is 0 Å². The normalized spacial score (nSPS) is 11.8. The molecular weight excluding hydrogens is 230 g/mol. The van der Waals surface area contributed by atoms with Crippen molar-refractivity contribution in [1.82, 2.24) is 0 Å². The van der Waals surface area contributed by atoms with Gasteiger partial charge >= 0.3 is 0 Å². The van der Waals surface area contributed by atoms with E-state index in [1.54, 1.807) is 0 Å². The summed E-state index contributed by atoms with van der Waals surface area (Å²) < 4.78 is 0. The topological polar surface area (TPSA) is 23.8 Å². The molecule has 0 aliphatic rings. The van der Waals surface area contributed by atoms with E-state index in [0.717, 1.165) is 12.0 Å². The Labute approximate surface area is 106 Å². The van der Waals surface area contributed by atoms with Crippen LogP contribution >= 0.6 is 11.6 Å². The largest absolute Gasteiger partial charge is 0.198 e. The summed E-state index contributed by atoms with van der Waals surface area (Å²) in [4.78, 5) is 0. The molecule has 0 saturated heterocycles. The molecule has 17 heavy (non-hydrogen) atoms. The summed E-state index contributed by atoms with van der Waals surface area (Å²) in [5, 5.41) is 9.93. The minimum atomic E-state index is -0.116. The van der Waals surface area contributed by atoms with Gasteiger partial charge in [0.05, 0.1) is 12.0 Å². The van der Waals surface area contributed by atoms with Crippen LogP contribution in [0.1, 0.15) is 17.0 Å². The SMILES string of the molecule is N#C[C@H](Cc1ccccc1)c1ccc(Cl)cc1. The van der Waals surface area contributed by atoms with E-state index in [9.17, 15) is 5.26 Å². The lowest BCUT2D eigenvalue weighted by Crippen LogP contribution is -2.00. The summed E-state index contributed by atoms with van der Waals surface area (Å²) >= 11 is 5.84. The van der Waals surface area contributed by atoms with Gasteiger partial charge in [0.25, 0.3) is 0 Å². The molecule has 0 aliphatic heterocycles. The van der Waals surface area contributed by atoms with Gasteiger partial charge in [0.2, 0.25) is 0 Å². The molecule has 2 heteroatoms. The number of benzene rings is 2. The highest BCUT2D eigenvalue weighted by molar-refractivity contribution is 6.30. The smallest absolute Gasteiger partial charge is 0.0753 e. The standard InChI is InChI=1S/C15H12ClN/c16-15-8-6-13(7-9-15)14(11-17)10-12-4-2-1-3-5-12/h1-9,14H,10H2/t14-/m0/s1. The number of hydrogen-bond donors (Lipinski definition) is 0. The Bertz CT molecular complexity index is 511. The third kappa shape index (κ3) is 3.09. The Morgan fingerprint density at radius 1 is 1.00 bits per heavy atom. The van der Waals surface area contributed by atoms with Crippen molar-refractivity contribution >= 4 is 11.6 Å². The van der Waals surface area contributed by atoms with Gasteiger partial charge in [-0.1, -0.05) is 54.1 Å². The van der Waals surface area contributed by atoms with Crippen molar-refractivity contribution in [2.45, 2.75) is 12.3 Å². The van der Waals surface area contributed by atoms with Crippen LogP contribution in [0.25, 0.3) is 0 Å². The zero-order chi connectivity index (χ0) is 12.1. The van der Waals surface area contributed by atoms with E-state index in [1.165, 1.54) is 5.56 Å². The first-order valence-corrected chi connectivity index (χ1v) is 5.86. The van der Waals surface area contributed by atoms with Crippen molar-refractivity contribution in [2.24, 2.45) is 0 Å². The Kier molecular flexibility index (Phi) is 3.80. The van der Waals surface area contributed by atoms with Crippen molar-refractivity contribution < 1.29 is 0 Å². The monoisotopic (exact) mass is 241 g/mol. The summed E-state index contributed by atoms with van der Waals surface area (Å²) in [6, 6.07) is 19.9. The third-order valence-corrected chi connectivity index (χ3v) is 2.96. The van der Waals surface area contributed by atoms with Gasteiger partial charge in [0, 0.05) is 5.02 Å². The molecule has 0 aliphatic carbocycles. The van der Waals surface area contributed by atoms with Crippen LogP contribution in [0.2, 0.25) is 5.02 Å². The quantitative estimate of drug-likeness (QED) is 0.791. The van der Waals surface area contributed by atoms with Crippen LogP contribution in [0.3, 0.4) is 0 Å². The van der Waals surface area contributed by atoms with Crippen LogP contribution in [0.15, 0.2) is 54.6 Å². The van der Waals surface area contributed by atoms with E-state index in [0.29, 0.717) is 5.02 Å². The second-order valence-electron chi connectivity index (χ2n) is 3.92. The zero-order valence-electron chi connectivity index (χ0n) is 9.31. The maximum atomic E-state index is 9.23. The molecule has 0 fully saturated rings. The summed E-state index contributed by atoms with van der Waals surface area (Å²) in [5.41, 5.74) is 2.19. The maximum absolute atomic E-state index is 9.23. The first-order chi connectivity index (χ1) is 8.29. The molecule has 1 atom stereocenters. The van der Waals surface area contributed by atoms with Gasteiger partial charge in [-0.3, -0.25) is 0 Å². The number of halogens is 1. The predicted octanol–water partition coefficient (Wildman–Crippen LogP) is 4.19. The number of nitrogens with zero attached hydrogens (tertiary/aromatic N) is 1. The van der Waals surface area contributed by atoms with E-state index in [4.69, 9.17) is 11.6 Å². The Morgan fingerprint density at radius 3 is 2.24 bits per heavy atom. The highest BCUT2D eigenvalue weighted by Gasteiger charge is 2.10. The van der Waals surface area contributed by atoms with Crippen molar-refractivity contribution in [3.05, 3.63) is 70.7 Å². The molecule has 1 nitrogen and oxygen atoms in total. The van der Waals surface area contributed by atoms with E-state index in [2.05, 4.69) is 6.07 Å². The summed E-state index contributed by atoms with van der Waals surface area (Å²) in [6.45, 7) is 0. The average Bonchev–Trinajstić information content (AvgIpc) is 2.38. The lowest BCUT2D eigenvalue weighted by atomic mass is 9.93. The fraction of sp³-hybridized carbons (Fsp3) is 0.133. The lowest BCUT2D eigenvalue weighted by molar-refractivity contribution is 0.849. The zero-order valence-corrected chi connectivity index (χ0v) is 10.1. The van der Waals surface area contributed by atoms with Crippen molar-refractivity contribution in [1.29, 1.82) is 5.26 Å². The highest BCUT2D eigenvalue weighted by atomic mass is 35.5. The van der Waals surface area contributed by atoms with Gasteiger partial charge in [-0.15, -0.1) is 0 Å². The van der Waals surface area contributed by atoms with Crippen LogP contribution < -0.4 is 0 Å². The molecule has 0 aromatic heterocycles. The van der Waals surface area contributed by atoms with Gasteiger partial charge in [0.1, 0.15) is 0 Å².